The summed E-state index contributed by atoms with van der Waals surface area (Å²) in [4.78, 5) is 9.21. The number of halogens is 1. The Morgan fingerprint density at radius 1 is 1.83 bits per heavy atom. The van der Waals surface area contributed by atoms with Crippen molar-refractivity contribution >= 4 is 5.97 Å². The first-order chi connectivity index (χ1) is 2.64. The summed E-state index contributed by atoms with van der Waals surface area (Å²) in [6.07, 6.45) is -1.84. The number of hydrogen-bond donors (Lipinski definition) is 0. The fraction of sp³-hybridized carbons (Fsp3) is 0.667. The molecule has 1 unspecified atom stereocenters. The molecule has 1 radical (unpaired) electrons. The molecule has 0 bridgehead atoms. The summed E-state index contributed by atoms with van der Waals surface area (Å²) in [6, 6.07) is 0. The third kappa shape index (κ3) is 1.69. The minimum Gasteiger partial charge on any atom is -0.244 e. The Morgan fingerprint density at radius 3 is 2.00 bits per heavy atom. The molecule has 0 aromatic rings. The second-order valence-corrected chi connectivity index (χ2v) is 0.935. The predicted octanol–water partition coefficient (Wildman–Crippen LogP) is 0.301. The summed E-state index contributed by atoms with van der Waals surface area (Å²) < 4.78 is 11.2. The molecule has 0 saturated carbocycles. The molecular weight excluding hydrogens is 87.0 g/mol. The average molecular weight is 91.1 g/mol. The lowest BCUT2D eigenvalue weighted by molar-refractivity contribution is -0.148. The molecule has 0 aromatic heterocycles. The predicted molar refractivity (Wildman–Crippen MR) is 16.3 cm³/mol. The van der Waals surface area contributed by atoms with Crippen LogP contribution in [0.1, 0.15) is 6.92 Å². The van der Waals surface area contributed by atoms with E-state index in [4.69, 9.17) is 0 Å². The van der Waals surface area contributed by atoms with Crippen LogP contribution in [-0.2, 0) is 9.90 Å². The Kier molecular flexibility index (Phi) is 1.57. The molecule has 6 heavy (non-hydrogen) atoms. The fourth-order valence-corrected chi connectivity index (χ4v) is 0. The van der Waals surface area contributed by atoms with Gasteiger partial charge in [-0.25, -0.2) is 14.3 Å². The van der Waals surface area contributed by atoms with E-state index in [9.17, 15) is 14.3 Å². The molecule has 0 aliphatic heterocycles. The van der Waals surface area contributed by atoms with Crippen molar-refractivity contribution in [2.75, 3.05) is 0 Å². The highest BCUT2D eigenvalue weighted by molar-refractivity contribution is 5.70. The molecule has 3 heteroatoms. The van der Waals surface area contributed by atoms with Gasteiger partial charge in [-0.1, -0.05) is 0 Å². The summed E-state index contributed by atoms with van der Waals surface area (Å²) in [5.41, 5.74) is 0. The van der Waals surface area contributed by atoms with Crippen molar-refractivity contribution in [1.82, 2.24) is 0 Å². The minimum absolute atomic E-state index is 0.912. The zero-order valence-electron chi connectivity index (χ0n) is 3.27. The first kappa shape index (κ1) is 5.40. The van der Waals surface area contributed by atoms with E-state index in [1.165, 1.54) is 0 Å². The van der Waals surface area contributed by atoms with E-state index in [2.05, 4.69) is 0 Å². The van der Waals surface area contributed by atoms with E-state index in [0.717, 1.165) is 6.92 Å². The van der Waals surface area contributed by atoms with Crippen molar-refractivity contribution < 1.29 is 14.3 Å². The van der Waals surface area contributed by atoms with Crippen molar-refractivity contribution in [3.05, 3.63) is 0 Å². The van der Waals surface area contributed by atoms with Gasteiger partial charge in [0, 0.05) is 0 Å². The lowest BCUT2D eigenvalue weighted by atomic mass is 10.5. The number of hydrogen-bond acceptors (Lipinski definition) is 1. The Balaban J connectivity index is 3.26. The van der Waals surface area contributed by atoms with E-state index < -0.39 is 12.1 Å². The summed E-state index contributed by atoms with van der Waals surface area (Å²) in [6.45, 7) is 0.912. The summed E-state index contributed by atoms with van der Waals surface area (Å²) in [7, 11) is 0. The van der Waals surface area contributed by atoms with Crippen molar-refractivity contribution in [3.8, 4) is 0 Å². The summed E-state index contributed by atoms with van der Waals surface area (Å²) >= 11 is 0. The van der Waals surface area contributed by atoms with Crippen LogP contribution in [-0.4, -0.2) is 12.1 Å². The van der Waals surface area contributed by atoms with Crippen LogP contribution in [0.25, 0.3) is 0 Å². The van der Waals surface area contributed by atoms with Crippen LogP contribution in [0, 0.1) is 0 Å². The van der Waals surface area contributed by atoms with Gasteiger partial charge in [0.15, 0.2) is 6.17 Å². The lowest BCUT2D eigenvalue weighted by Crippen LogP contribution is -2.06. The Bertz CT molecular complexity index is 59.8. The molecular formula is C3H4FO2. The van der Waals surface area contributed by atoms with Crippen molar-refractivity contribution in [2.45, 2.75) is 13.1 Å². The van der Waals surface area contributed by atoms with Gasteiger partial charge in [0.25, 0.3) is 0 Å². The third-order valence-corrected chi connectivity index (χ3v) is 0.325. The van der Waals surface area contributed by atoms with Crippen molar-refractivity contribution in [2.24, 2.45) is 0 Å². The van der Waals surface area contributed by atoms with Crippen molar-refractivity contribution in [3.63, 3.8) is 0 Å². The summed E-state index contributed by atoms with van der Waals surface area (Å²) in [5, 5.41) is 9.21. The van der Waals surface area contributed by atoms with Crippen LogP contribution < -0.4 is 0 Å². The van der Waals surface area contributed by atoms with Gasteiger partial charge in [-0.15, -0.1) is 0 Å². The van der Waals surface area contributed by atoms with Gasteiger partial charge in [-0.05, 0) is 6.92 Å². The quantitative estimate of drug-likeness (QED) is 0.457. The molecule has 0 saturated heterocycles. The van der Waals surface area contributed by atoms with E-state index >= 15 is 0 Å². The maximum Gasteiger partial charge on any atom is 0.389 e. The molecule has 0 amide bonds. The molecule has 0 aromatic carbocycles. The van der Waals surface area contributed by atoms with E-state index in [0.29, 0.717) is 0 Å². The zero-order valence-corrected chi connectivity index (χ0v) is 3.27. The van der Waals surface area contributed by atoms with Gasteiger partial charge in [-0.3, -0.25) is 0 Å². The molecule has 0 rings (SSSR count). The Hall–Kier alpha value is -0.600. The molecule has 0 spiro atoms. The van der Waals surface area contributed by atoms with Crippen LogP contribution in [0.15, 0.2) is 0 Å². The molecule has 1 atom stereocenters. The van der Waals surface area contributed by atoms with Crippen LogP contribution in [0.2, 0.25) is 0 Å². The molecule has 0 aliphatic carbocycles. The first-order valence-corrected chi connectivity index (χ1v) is 1.49. The SMILES string of the molecule is CC(F)C([O])=O. The topological polar surface area (TPSA) is 37.0 Å². The van der Waals surface area contributed by atoms with E-state index in [1.54, 1.807) is 0 Å². The molecule has 0 fully saturated rings. The van der Waals surface area contributed by atoms with Gasteiger partial charge in [0.05, 0.1) is 0 Å². The normalized spacial score (nSPS) is 13.7. The maximum absolute atomic E-state index is 11.2. The average Bonchev–Trinajstić information content (AvgIpc) is 1.36. The van der Waals surface area contributed by atoms with E-state index in [-0.39, 0.29) is 0 Å². The number of carbonyl (C=O) groups excluding carboxylic acids is 1. The van der Waals surface area contributed by atoms with Gasteiger partial charge >= 0.3 is 5.97 Å². The molecule has 35 valence electrons. The van der Waals surface area contributed by atoms with Gasteiger partial charge in [-0.2, -0.15) is 0 Å². The molecule has 0 heterocycles. The third-order valence-electron chi connectivity index (χ3n) is 0.325. The highest BCUT2D eigenvalue weighted by Crippen LogP contribution is 1.84. The highest BCUT2D eigenvalue weighted by Gasteiger charge is 2.08. The van der Waals surface area contributed by atoms with Crippen LogP contribution in [0.4, 0.5) is 4.39 Å². The molecule has 0 N–H and O–H groups in total. The number of alkyl halides is 1. The van der Waals surface area contributed by atoms with Gasteiger partial charge in [0.1, 0.15) is 0 Å². The van der Waals surface area contributed by atoms with Crippen LogP contribution in [0.5, 0.6) is 0 Å². The fourth-order valence-electron chi connectivity index (χ4n) is 0. The minimum atomic E-state index is -1.84. The first-order valence-electron chi connectivity index (χ1n) is 1.49. The van der Waals surface area contributed by atoms with Gasteiger partial charge in [0.2, 0.25) is 0 Å². The highest BCUT2D eigenvalue weighted by atomic mass is 19.1. The Morgan fingerprint density at radius 2 is 2.00 bits per heavy atom. The largest absolute Gasteiger partial charge is 0.389 e. The smallest absolute Gasteiger partial charge is 0.244 e. The lowest BCUT2D eigenvalue weighted by Gasteiger charge is -1.81. The molecule has 0 aliphatic rings. The van der Waals surface area contributed by atoms with Crippen LogP contribution in [0.3, 0.4) is 0 Å². The second-order valence-electron chi connectivity index (χ2n) is 0.935. The van der Waals surface area contributed by atoms with E-state index in [1.807, 2.05) is 0 Å². The second kappa shape index (κ2) is 1.74. The standard InChI is InChI=1S/C3H4FO2/c1-2(4)3(5)6/h2H,1H3. The maximum atomic E-state index is 11.2. The number of rotatable bonds is 1. The van der Waals surface area contributed by atoms with Gasteiger partial charge < -0.3 is 0 Å². The Labute approximate surface area is 34.6 Å². The number of carbonyl (C=O) groups is 1. The van der Waals surface area contributed by atoms with Crippen LogP contribution >= 0.6 is 0 Å². The zero-order chi connectivity index (χ0) is 5.15. The van der Waals surface area contributed by atoms with Crippen molar-refractivity contribution in [1.29, 1.82) is 0 Å². The monoisotopic (exact) mass is 91.0 g/mol. The summed E-state index contributed by atoms with van der Waals surface area (Å²) in [5.74, 6) is -1.66. The molecule has 2 nitrogen and oxygen atoms in total.